The van der Waals surface area contributed by atoms with Gasteiger partial charge in [-0.25, -0.2) is 4.98 Å². The Bertz CT molecular complexity index is 2050. The van der Waals surface area contributed by atoms with Gasteiger partial charge in [0, 0.05) is 60.0 Å². The first-order chi connectivity index (χ1) is 20.1. The van der Waals surface area contributed by atoms with Crippen molar-refractivity contribution in [2.75, 3.05) is 0 Å². The van der Waals surface area contributed by atoms with Crippen molar-refractivity contribution >= 4 is 56.8 Å². The number of aromatic nitrogens is 4. The number of hydrogen-bond donors (Lipinski definition) is 2. The summed E-state index contributed by atoms with van der Waals surface area (Å²) in [5, 5.41) is 0. The van der Waals surface area contributed by atoms with Crippen molar-refractivity contribution in [2.45, 2.75) is 46.5 Å². The molecule has 2 aliphatic heterocycles. The van der Waals surface area contributed by atoms with Gasteiger partial charge in [0.15, 0.2) is 0 Å². The van der Waals surface area contributed by atoms with Crippen LogP contribution in [0.1, 0.15) is 53.3 Å². The smallest absolute Gasteiger partial charge is 0.0737 e. The van der Waals surface area contributed by atoms with E-state index in [2.05, 4.69) is 152 Å². The zero-order valence-corrected chi connectivity index (χ0v) is 26.7. The molecule has 7 rings (SSSR count). The van der Waals surface area contributed by atoms with Crippen molar-refractivity contribution in [3.05, 3.63) is 116 Å². The zero-order valence-electron chi connectivity index (χ0n) is 24.6. The molecule has 2 aliphatic rings. The molecule has 2 N–H and O–H groups in total. The number of nitrogens with zero attached hydrogens (tertiary/aromatic N) is 2. The molecule has 42 heavy (non-hydrogen) atoms. The molecule has 208 valence electrons. The number of halogens is 1. The van der Waals surface area contributed by atoms with Crippen LogP contribution in [-0.4, -0.2) is 19.9 Å². The standard InChI is InChI=1S/C37H33IN4/c1-21-16-22(2)34(23(3)17-21)36-31-13-10-26(39-31)18-28-20-37(4,5)33(41-28)19-27-11-12-29(40-27)35(30-14-15-32(36)42-30)24-6-8-25(38)9-7-24/h6-19,39-40H,20H2,1-5H3. The van der Waals surface area contributed by atoms with Crippen LogP contribution in [0.3, 0.4) is 0 Å². The maximum atomic E-state index is 5.35. The predicted octanol–water partition coefficient (Wildman–Crippen LogP) is 9.87. The van der Waals surface area contributed by atoms with E-state index < -0.39 is 0 Å². The van der Waals surface area contributed by atoms with Crippen LogP contribution in [0.5, 0.6) is 0 Å². The van der Waals surface area contributed by atoms with Gasteiger partial charge in [-0.3, -0.25) is 4.98 Å². The Morgan fingerprint density at radius 2 is 1.26 bits per heavy atom. The Morgan fingerprint density at radius 1 is 0.667 bits per heavy atom. The number of hydrogen-bond acceptors (Lipinski definition) is 2. The summed E-state index contributed by atoms with van der Waals surface area (Å²) in [5.74, 6) is 0. The number of benzene rings is 2. The largest absolute Gasteiger partial charge is 0.355 e. The Morgan fingerprint density at radius 3 is 1.93 bits per heavy atom. The normalized spacial score (nSPS) is 14.0. The molecule has 8 bridgehead atoms. The van der Waals surface area contributed by atoms with E-state index in [-0.39, 0.29) is 5.41 Å². The summed E-state index contributed by atoms with van der Waals surface area (Å²) >= 11 is 2.36. The van der Waals surface area contributed by atoms with Crippen LogP contribution in [0.2, 0.25) is 0 Å². The van der Waals surface area contributed by atoms with Crippen molar-refractivity contribution in [1.82, 2.24) is 19.9 Å². The molecule has 0 saturated heterocycles. The van der Waals surface area contributed by atoms with Crippen molar-refractivity contribution in [1.29, 1.82) is 0 Å². The molecule has 2 aromatic carbocycles. The first-order valence-corrected chi connectivity index (χ1v) is 15.5. The number of aromatic amines is 2. The van der Waals surface area contributed by atoms with E-state index in [1.807, 2.05) is 0 Å². The van der Waals surface area contributed by atoms with Gasteiger partial charge in [0.1, 0.15) is 0 Å². The molecule has 4 nitrogen and oxygen atoms in total. The molecule has 0 spiro atoms. The quantitative estimate of drug-likeness (QED) is 0.182. The van der Waals surface area contributed by atoms with Crippen LogP contribution in [0, 0.1) is 24.3 Å². The SMILES string of the molecule is Cc1cc(C)c(-c2c3nc(c(-c4ccc(I)cc4)c4ccc(cc5nc(cc6ccc2[nH]6)CC5(C)C)[nH]4)C=C3)c(C)c1. The third-order valence-corrected chi connectivity index (χ3v) is 9.08. The van der Waals surface area contributed by atoms with E-state index in [1.165, 1.54) is 25.8 Å². The summed E-state index contributed by atoms with van der Waals surface area (Å²) < 4.78 is 1.20. The van der Waals surface area contributed by atoms with E-state index in [0.717, 1.165) is 68.0 Å². The molecule has 5 aromatic rings. The van der Waals surface area contributed by atoms with Crippen LogP contribution < -0.4 is 0 Å². The molecule has 5 heteroatoms. The minimum atomic E-state index is -0.0572. The molecule has 0 aliphatic carbocycles. The summed E-state index contributed by atoms with van der Waals surface area (Å²) in [5.41, 5.74) is 16.5. The Labute approximate surface area is 260 Å². The highest BCUT2D eigenvalue weighted by atomic mass is 127. The molecule has 0 amide bonds. The third-order valence-electron chi connectivity index (χ3n) is 8.36. The van der Waals surface area contributed by atoms with Gasteiger partial charge in [0.2, 0.25) is 0 Å². The summed E-state index contributed by atoms with van der Waals surface area (Å²) in [7, 11) is 0. The van der Waals surface area contributed by atoms with Crippen molar-refractivity contribution in [3.8, 4) is 22.3 Å². The molecule has 3 aromatic heterocycles. The molecule has 0 fully saturated rings. The summed E-state index contributed by atoms with van der Waals surface area (Å²) in [6.07, 6.45) is 5.21. The third kappa shape index (κ3) is 4.79. The molecule has 0 saturated carbocycles. The van der Waals surface area contributed by atoms with E-state index in [9.17, 15) is 0 Å². The summed E-state index contributed by atoms with van der Waals surface area (Å²) in [6, 6.07) is 26.3. The number of nitrogens with one attached hydrogen (secondary N) is 2. The topological polar surface area (TPSA) is 57.4 Å². The Hall–Kier alpha value is -3.97. The highest BCUT2D eigenvalue weighted by Crippen LogP contribution is 2.38. The molecular weight excluding hydrogens is 627 g/mol. The van der Waals surface area contributed by atoms with Crippen LogP contribution in [0.25, 0.3) is 56.5 Å². The molecule has 0 atom stereocenters. The molecule has 5 heterocycles. The highest BCUT2D eigenvalue weighted by Gasteiger charge is 2.28. The minimum absolute atomic E-state index is 0.0572. The fourth-order valence-corrected chi connectivity index (χ4v) is 6.84. The van der Waals surface area contributed by atoms with Gasteiger partial charge in [0.25, 0.3) is 0 Å². The number of aryl methyl sites for hydroxylation is 3. The van der Waals surface area contributed by atoms with Crippen LogP contribution in [0.4, 0.5) is 0 Å². The van der Waals surface area contributed by atoms with Crippen LogP contribution >= 0.6 is 22.6 Å². The molecule has 0 unspecified atom stereocenters. The lowest BCUT2D eigenvalue weighted by molar-refractivity contribution is 0.543. The minimum Gasteiger partial charge on any atom is -0.355 e. The zero-order chi connectivity index (χ0) is 29.2. The van der Waals surface area contributed by atoms with Gasteiger partial charge in [0.05, 0.1) is 11.4 Å². The van der Waals surface area contributed by atoms with E-state index >= 15 is 0 Å². The summed E-state index contributed by atoms with van der Waals surface area (Å²) in [4.78, 5) is 17.9. The maximum Gasteiger partial charge on any atom is 0.0737 e. The van der Waals surface area contributed by atoms with Crippen molar-refractivity contribution in [2.24, 2.45) is 0 Å². The maximum absolute atomic E-state index is 5.35. The second-order valence-corrected chi connectivity index (χ2v) is 13.5. The van der Waals surface area contributed by atoms with E-state index in [0.29, 0.717) is 0 Å². The average Bonchev–Trinajstić information content (AvgIpc) is 3.72. The second-order valence-electron chi connectivity index (χ2n) is 12.2. The fourth-order valence-electron chi connectivity index (χ4n) is 6.48. The fraction of sp³-hybridized carbons (Fsp3) is 0.189. The monoisotopic (exact) mass is 660 g/mol. The van der Waals surface area contributed by atoms with E-state index in [1.54, 1.807) is 0 Å². The Kier molecular flexibility index (Phi) is 6.46. The molecular formula is C37H33IN4. The lowest BCUT2D eigenvalue weighted by atomic mass is 9.87. The summed E-state index contributed by atoms with van der Waals surface area (Å²) in [6.45, 7) is 11.1. The van der Waals surface area contributed by atoms with E-state index in [4.69, 9.17) is 9.97 Å². The van der Waals surface area contributed by atoms with Gasteiger partial charge >= 0.3 is 0 Å². The van der Waals surface area contributed by atoms with Crippen molar-refractivity contribution < 1.29 is 0 Å². The number of H-pyrrole nitrogens is 2. The average molecular weight is 661 g/mol. The number of fused-ring (bicyclic) bond motifs is 8. The lowest BCUT2D eigenvalue weighted by Gasteiger charge is -2.15. The highest BCUT2D eigenvalue weighted by molar-refractivity contribution is 14.1. The van der Waals surface area contributed by atoms with Gasteiger partial charge in [-0.1, -0.05) is 43.7 Å². The lowest BCUT2D eigenvalue weighted by Crippen LogP contribution is -2.14. The molecule has 0 radical (unpaired) electrons. The number of rotatable bonds is 2. The first-order valence-electron chi connectivity index (χ1n) is 14.4. The van der Waals surface area contributed by atoms with Gasteiger partial charge in [-0.15, -0.1) is 0 Å². The first kappa shape index (κ1) is 26.9. The van der Waals surface area contributed by atoms with Crippen molar-refractivity contribution in [3.63, 3.8) is 0 Å². The van der Waals surface area contributed by atoms with Gasteiger partial charge in [-0.2, -0.15) is 0 Å². The van der Waals surface area contributed by atoms with Gasteiger partial charge < -0.3 is 9.97 Å². The Balaban J connectivity index is 1.65. The van der Waals surface area contributed by atoms with Gasteiger partial charge in [-0.05, 0) is 126 Å². The second kappa shape index (κ2) is 10.1. The van der Waals surface area contributed by atoms with Crippen LogP contribution in [0.15, 0.2) is 72.8 Å². The predicted molar refractivity (Wildman–Crippen MR) is 184 cm³/mol. The van der Waals surface area contributed by atoms with Crippen LogP contribution in [-0.2, 0) is 11.8 Å².